The Morgan fingerprint density at radius 2 is 1.59 bits per heavy atom. The van der Waals surface area contributed by atoms with Gasteiger partial charge in [0.1, 0.15) is 35.1 Å². The molecule has 0 spiro atoms. The largest absolute Gasteiger partial charge is 0.496 e. The van der Waals surface area contributed by atoms with Crippen LogP contribution in [0.15, 0.2) is 30.6 Å². The zero-order valence-corrected chi connectivity index (χ0v) is 23.4. The fraction of sp³-hybridized carbons (Fsp3) is 0.464. The van der Waals surface area contributed by atoms with Crippen LogP contribution in [-0.2, 0) is 6.54 Å². The number of aromatic nitrogens is 2. The monoisotopic (exact) mass is 538 g/mol. The number of nitrogens with zero attached hydrogens (tertiary/aromatic N) is 4. The minimum absolute atomic E-state index is 0.187. The van der Waals surface area contributed by atoms with Crippen LogP contribution in [-0.4, -0.2) is 100 Å². The van der Waals surface area contributed by atoms with Gasteiger partial charge >= 0.3 is 0 Å². The quantitative estimate of drug-likeness (QED) is 0.334. The Morgan fingerprint density at radius 3 is 2.23 bits per heavy atom. The molecular formula is C28H38N6O5. The maximum Gasteiger partial charge on any atom is 0.255 e. The molecule has 11 nitrogen and oxygen atoms in total. The summed E-state index contributed by atoms with van der Waals surface area (Å²) in [6.07, 6.45) is 2.36. The number of carbonyl (C=O) groups is 1. The molecule has 0 bridgehead atoms. The summed E-state index contributed by atoms with van der Waals surface area (Å²) in [6.45, 7) is 6.24. The number of carbonyl (C=O) groups excluding carboxylic acids is 1. The van der Waals surface area contributed by atoms with Crippen LogP contribution >= 0.6 is 0 Å². The lowest BCUT2D eigenvalue weighted by Crippen LogP contribution is -2.45. The summed E-state index contributed by atoms with van der Waals surface area (Å²) in [5.74, 6) is 2.75. The first kappa shape index (κ1) is 28.2. The van der Waals surface area contributed by atoms with Gasteiger partial charge in [-0.25, -0.2) is 9.97 Å². The lowest BCUT2D eigenvalue weighted by Gasteiger charge is -2.32. The van der Waals surface area contributed by atoms with Gasteiger partial charge in [0, 0.05) is 56.8 Å². The molecule has 1 amide bonds. The molecule has 1 aliphatic rings. The maximum atomic E-state index is 13.0. The van der Waals surface area contributed by atoms with Crippen LogP contribution < -0.4 is 29.6 Å². The van der Waals surface area contributed by atoms with E-state index >= 15 is 0 Å². The number of methoxy groups -OCH3 is 4. The molecule has 2 heterocycles. The van der Waals surface area contributed by atoms with Crippen LogP contribution in [0.4, 0.5) is 5.82 Å². The van der Waals surface area contributed by atoms with Crippen molar-refractivity contribution in [1.29, 1.82) is 0 Å². The van der Waals surface area contributed by atoms with Crippen LogP contribution in [0.1, 0.15) is 22.3 Å². The van der Waals surface area contributed by atoms with E-state index < -0.39 is 0 Å². The molecule has 210 valence electrons. The number of fused-ring (bicyclic) bond motifs is 1. The van der Waals surface area contributed by atoms with E-state index in [1.165, 1.54) is 6.33 Å². The molecule has 0 atom stereocenters. The van der Waals surface area contributed by atoms with Crippen molar-refractivity contribution in [3.8, 4) is 23.0 Å². The number of hydrogen-bond donors (Lipinski definition) is 2. The molecule has 1 aromatic heterocycles. The molecule has 2 aromatic carbocycles. The van der Waals surface area contributed by atoms with Crippen LogP contribution in [0, 0.1) is 0 Å². The molecule has 1 aliphatic heterocycles. The highest BCUT2D eigenvalue weighted by Crippen LogP contribution is 2.35. The van der Waals surface area contributed by atoms with Crippen LogP contribution in [0.3, 0.4) is 0 Å². The number of piperazine rings is 1. The zero-order chi connectivity index (χ0) is 27.8. The molecule has 3 aromatic rings. The number of anilines is 1. The normalized spacial score (nSPS) is 14.2. The molecule has 4 rings (SSSR count). The van der Waals surface area contributed by atoms with Crippen molar-refractivity contribution in [2.24, 2.45) is 0 Å². The van der Waals surface area contributed by atoms with E-state index in [-0.39, 0.29) is 5.91 Å². The molecule has 2 N–H and O–H groups in total. The number of benzene rings is 2. The van der Waals surface area contributed by atoms with E-state index in [4.69, 9.17) is 18.9 Å². The molecule has 0 saturated carbocycles. The minimum Gasteiger partial charge on any atom is -0.496 e. The molecule has 1 fully saturated rings. The van der Waals surface area contributed by atoms with E-state index in [0.29, 0.717) is 53.0 Å². The predicted molar refractivity (Wildman–Crippen MR) is 150 cm³/mol. The first-order valence-electron chi connectivity index (χ1n) is 13.0. The molecule has 0 radical (unpaired) electrons. The van der Waals surface area contributed by atoms with Crippen LogP contribution in [0.25, 0.3) is 10.9 Å². The number of likely N-dealkylation sites (N-methyl/N-ethyl adjacent to an activating group) is 1. The van der Waals surface area contributed by atoms with Gasteiger partial charge < -0.3 is 39.4 Å². The van der Waals surface area contributed by atoms with Crippen molar-refractivity contribution in [1.82, 2.24) is 25.1 Å². The van der Waals surface area contributed by atoms with E-state index in [1.807, 2.05) is 0 Å². The minimum atomic E-state index is -0.187. The molecule has 39 heavy (non-hydrogen) atoms. The topological polar surface area (TPSA) is 110 Å². The van der Waals surface area contributed by atoms with E-state index in [0.717, 1.165) is 50.1 Å². The Kier molecular flexibility index (Phi) is 9.61. The smallest absolute Gasteiger partial charge is 0.255 e. The van der Waals surface area contributed by atoms with Crippen molar-refractivity contribution < 1.29 is 23.7 Å². The van der Waals surface area contributed by atoms with Gasteiger partial charge in [-0.1, -0.05) is 0 Å². The maximum absolute atomic E-state index is 13.0. The highest BCUT2D eigenvalue weighted by atomic mass is 16.5. The fourth-order valence-corrected chi connectivity index (χ4v) is 4.67. The third kappa shape index (κ3) is 6.79. The Labute approximate surface area is 229 Å². The first-order valence-corrected chi connectivity index (χ1v) is 13.0. The average Bonchev–Trinajstić information content (AvgIpc) is 2.97. The lowest BCUT2D eigenvalue weighted by atomic mass is 10.1. The molecular weight excluding hydrogens is 500 g/mol. The van der Waals surface area contributed by atoms with E-state index in [1.54, 1.807) is 52.7 Å². The second-order valence-corrected chi connectivity index (χ2v) is 9.41. The third-order valence-corrected chi connectivity index (χ3v) is 6.98. The van der Waals surface area contributed by atoms with Gasteiger partial charge in [-0.05, 0) is 32.1 Å². The van der Waals surface area contributed by atoms with Gasteiger partial charge in [0.05, 0.1) is 45.1 Å². The standard InChI is InChI=1S/C28H38N6O5/c1-33-9-11-34(12-10-33)8-6-7-29-28(35)21-15-23-20(16-26(21)39-5)27(32-18-31-23)30-17-22-24(37-3)13-19(36-2)14-25(22)38-4/h13-16,18H,6-12,17H2,1-5H3,(H,29,35)(H,30,31,32). The first-order chi connectivity index (χ1) is 19.0. The van der Waals surface area contributed by atoms with Gasteiger partial charge in [0.15, 0.2) is 0 Å². The second kappa shape index (κ2) is 13.3. The number of nitrogens with one attached hydrogen (secondary N) is 2. The molecule has 0 unspecified atom stereocenters. The number of hydrogen-bond acceptors (Lipinski definition) is 10. The summed E-state index contributed by atoms with van der Waals surface area (Å²) in [6, 6.07) is 7.14. The van der Waals surface area contributed by atoms with Crippen LogP contribution in [0.5, 0.6) is 23.0 Å². The highest BCUT2D eigenvalue weighted by molar-refractivity contribution is 6.02. The Bertz CT molecular complexity index is 1250. The number of ether oxygens (including phenoxy) is 4. The van der Waals surface area contributed by atoms with Crippen molar-refractivity contribution in [3.63, 3.8) is 0 Å². The Morgan fingerprint density at radius 1 is 0.897 bits per heavy atom. The molecule has 1 saturated heterocycles. The summed E-state index contributed by atoms with van der Waals surface area (Å²) in [4.78, 5) is 26.7. The van der Waals surface area contributed by atoms with Gasteiger partial charge in [-0.3, -0.25) is 4.79 Å². The Hall–Kier alpha value is -3.83. The van der Waals surface area contributed by atoms with Crippen molar-refractivity contribution in [2.45, 2.75) is 13.0 Å². The zero-order valence-electron chi connectivity index (χ0n) is 23.4. The predicted octanol–water partition coefficient (Wildman–Crippen LogP) is 2.64. The van der Waals surface area contributed by atoms with Gasteiger partial charge in [-0.15, -0.1) is 0 Å². The summed E-state index contributed by atoms with van der Waals surface area (Å²) >= 11 is 0. The molecule has 11 heteroatoms. The Balaban J connectivity index is 1.47. The van der Waals surface area contributed by atoms with Crippen molar-refractivity contribution in [3.05, 3.63) is 41.7 Å². The molecule has 0 aliphatic carbocycles. The van der Waals surface area contributed by atoms with Gasteiger partial charge in [-0.2, -0.15) is 0 Å². The van der Waals surface area contributed by atoms with Crippen molar-refractivity contribution in [2.75, 3.05) is 80.1 Å². The summed E-state index contributed by atoms with van der Waals surface area (Å²) in [5.41, 5.74) is 1.88. The van der Waals surface area contributed by atoms with E-state index in [2.05, 4.69) is 37.4 Å². The number of amides is 1. The van der Waals surface area contributed by atoms with Crippen LogP contribution in [0.2, 0.25) is 0 Å². The fourth-order valence-electron chi connectivity index (χ4n) is 4.67. The SMILES string of the molecule is COc1cc(OC)c(CNc2ncnc3cc(C(=O)NCCCN4CCN(C)CC4)c(OC)cc23)c(OC)c1. The highest BCUT2D eigenvalue weighted by Gasteiger charge is 2.18. The number of rotatable bonds is 12. The summed E-state index contributed by atoms with van der Waals surface area (Å²) < 4.78 is 22.1. The second-order valence-electron chi connectivity index (χ2n) is 9.41. The average molecular weight is 539 g/mol. The van der Waals surface area contributed by atoms with E-state index in [9.17, 15) is 4.79 Å². The summed E-state index contributed by atoms with van der Waals surface area (Å²) in [5, 5.41) is 7.11. The lowest BCUT2D eigenvalue weighted by molar-refractivity contribution is 0.0946. The van der Waals surface area contributed by atoms with Crippen molar-refractivity contribution >= 4 is 22.6 Å². The van der Waals surface area contributed by atoms with Gasteiger partial charge in [0.2, 0.25) is 0 Å². The third-order valence-electron chi connectivity index (χ3n) is 6.98. The summed E-state index contributed by atoms with van der Waals surface area (Å²) in [7, 11) is 8.49. The van der Waals surface area contributed by atoms with Gasteiger partial charge in [0.25, 0.3) is 5.91 Å².